The van der Waals surface area contributed by atoms with E-state index in [1.165, 1.54) is 25.9 Å². The first kappa shape index (κ1) is 10.4. The van der Waals surface area contributed by atoms with Crippen molar-refractivity contribution >= 4 is 18.4 Å². The summed E-state index contributed by atoms with van der Waals surface area (Å²) in [5.74, 6) is 0.781. The molecule has 0 amide bonds. The van der Waals surface area contributed by atoms with E-state index in [4.69, 9.17) is 0 Å². The summed E-state index contributed by atoms with van der Waals surface area (Å²) in [5.41, 5.74) is 0. The molecule has 70 valence electrons. The predicted molar refractivity (Wildman–Crippen MR) is 54.7 cm³/mol. The van der Waals surface area contributed by atoms with Crippen molar-refractivity contribution in [2.45, 2.75) is 19.3 Å². The van der Waals surface area contributed by atoms with Gasteiger partial charge >= 0.3 is 0 Å². The SMILES string of the molecule is CN1CCC(CCP(=O)=S)CC1. The average molecular weight is 205 g/mol. The van der Waals surface area contributed by atoms with Crippen LogP contribution in [0.25, 0.3) is 0 Å². The quantitative estimate of drug-likeness (QED) is 0.657. The predicted octanol–water partition coefficient (Wildman–Crippen LogP) is 2.01. The number of likely N-dealkylation sites (tertiary alicyclic amines) is 1. The maximum absolute atomic E-state index is 10.7. The Hall–Kier alpha value is 0.280. The zero-order valence-corrected chi connectivity index (χ0v) is 9.24. The zero-order chi connectivity index (χ0) is 8.97. The van der Waals surface area contributed by atoms with Gasteiger partial charge in [0.15, 0.2) is 6.58 Å². The lowest BCUT2D eigenvalue weighted by Crippen LogP contribution is -2.30. The van der Waals surface area contributed by atoms with Crippen LogP contribution in [0.5, 0.6) is 0 Å². The maximum atomic E-state index is 10.7. The standard InChI is InChI=1S/C8H16NOPS/c1-9-5-2-8(3-6-9)4-7-11(10)12/h8H,2-7H2,1H3. The smallest absolute Gasteiger partial charge is 0.164 e. The minimum absolute atomic E-state index is 0.749. The third kappa shape index (κ3) is 3.79. The highest BCUT2D eigenvalue weighted by Crippen LogP contribution is 2.22. The molecule has 0 aliphatic carbocycles. The summed E-state index contributed by atoms with van der Waals surface area (Å²) < 4.78 is 10.7. The molecule has 1 rings (SSSR count). The van der Waals surface area contributed by atoms with Crippen LogP contribution in [0.15, 0.2) is 0 Å². The number of piperidine rings is 1. The van der Waals surface area contributed by atoms with Crippen LogP contribution in [0.2, 0.25) is 0 Å². The molecule has 1 saturated heterocycles. The Labute approximate surface area is 79.8 Å². The Morgan fingerprint density at radius 3 is 2.58 bits per heavy atom. The first-order valence-electron chi connectivity index (χ1n) is 4.49. The van der Waals surface area contributed by atoms with Crippen molar-refractivity contribution in [3.05, 3.63) is 0 Å². The molecule has 1 fully saturated rings. The van der Waals surface area contributed by atoms with Gasteiger partial charge in [-0.15, -0.1) is 0 Å². The molecule has 1 unspecified atom stereocenters. The molecule has 0 spiro atoms. The highest BCUT2D eigenvalue weighted by Gasteiger charge is 2.15. The lowest BCUT2D eigenvalue weighted by atomic mass is 9.95. The van der Waals surface area contributed by atoms with Crippen molar-refractivity contribution in [1.82, 2.24) is 4.90 Å². The molecule has 1 atom stereocenters. The van der Waals surface area contributed by atoms with Crippen molar-refractivity contribution in [3.63, 3.8) is 0 Å². The van der Waals surface area contributed by atoms with Gasteiger partial charge in [-0.1, -0.05) is 0 Å². The summed E-state index contributed by atoms with van der Waals surface area (Å²) in [6.07, 6.45) is 4.34. The normalized spacial score (nSPS) is 22.6. The van der Waals surface area contributed by atoms with Crippen LogP contribution in [-0.4, -0.2) is 31.2 Å². The second-order valence-corrected chi connectivity index (χ2v) is 5.93. The van der Waals surface area contributed by atoms with E-state index in [0.717, 1.165) is 18.5 Å². The first-order valence-corrected chi connectivity index (χ1v) is 6.94. The van der Waals surface area contributed by atoms with Crippen LogP contribution in [0.1, 0.15) is 19.3 Å². The van der Waals surface area contributed by atoms with Crippen LogP contribution in [0.4, 0.5) is 0 Å². The van der Waals surface area contributed by atoms with Crippen LogP contribution in [-0.2, 0) is 16.4 Å². The third-order valence-electron chi connectivity index (χ3n) is 2.56. The van der Waals surface area contributed by atoms with E-state index in [2.05, 4.69) is 23.8 Å². The van der Waals surface area contributed by atoms with E-state index < -0.39 is 6.58 Å². The monoisotopic (exact) mass is 205 g/mol. The van der Waals surface area contributed by atoms with E-state index in [1.54, 1.807) is 0 Å². The zero-order valence-electron chi connectivity index (χ0n) is 7.53. The largest absolute Gasteiger partial charge is 0.306 e. The first-order chi connectivity index (χ1) is 5.68. The maximum Gasteiger partial charge on any atom is 0.164 e. The molecule has 12 heavy (non-hydrogen) atoms. The molecule has 0 aromatic carbocycles. The molecule has 0 saturated carbocycles. The fourth-order valence-electron chi connectivity index (χ4n) is 1.64. The van der Waals surface area contributed by atoms with Gasteiger partial charge < -0.3 is 4.90 Å². The summed E-state index contributed by atoms with van der Waals surface area (Å²) in [4.78, 5) is 2.35. The average Bonchev–Trinajstić information content (AvgIpc) is 2.03. The molecule has 1 heterocycles. The fraction of sp³-hybridized carbons (Fsp3) is 1.00. The minimum atomic E-state index is -1.32. The second-order valence-electron chi connectivity index (χ2n) is 3.59. The Bertz CT molecular complexity index is 189. The van der Waals surface area contributed by atoms with Gasteiger partial charge in [0.1, 0.15) is 0 Å². The van der Waals surface area contributed by atoms with Crippen LogP contribution >= 0.6 is 6.58 Å². The second kappa shape index (κ2) is 5.11. The summed E-state index contributed by atoms with van der Waals surface area (Å²) in [6.45, 7) is 1.07. The molecule has 1 aliphatic rings. The lowest BCUT2D eigenvalue weighted by molar-refractivity contribution is 0.217. The van der Waals surface area contributed by atoms with Gasteiger partial charge in [0, 0.05) is 6.16 Å². The summed E-state index contributed by atoms with van der Waals surface area (Å²) >= 11 is 4.67. The van der Waals surface area contributed by atoms with Crippen molar-refractivity contribution in [2.75, 3.05) is 26.3 Å². The Morgan fingerprint density at radius 1 is 1.50 bits per heavy atom. The molecular weight excluding hydrogens is 189 g/mol. The Balaban J connectivity index is 2.17. The number of nitrogens with zero attached hydrogens (tertiary/aromatic N) is 1. The third-order valence-corrected chi connectivity index (χ3v) is 3.73. The Kier molecular flexibility index (Phi) is 4.41. The number of rotatable bonds is 3. The molecule has 0 bridgehead atoms. The van der Waals surface area contributed by atoms with Gasteiger partial charge in [0.25, 0.3) is 0 Å². The van der Waals surface area contributed by atoms with E-state index in [9.17, 15) is 4.57 Å². The highest BCUT2D eigenvalue weighted by atomic mass is 32.4. The van der Waals surface area contributed by atoms with Crippen molar-refractivity contribution in [2.24, 2.45) is 5.92 Å². The molecule has 2 nitrogen and oxygen atoms in total. The van der Waals surface area contributed by atoms with E-state index in [-0.39, 0.29) is 0 Å². The molecule has 0 aromatic heterocycles. The summed E-state index contributed by atoms with van der Waals surface area (Å²) in [5, 5.41) is 0. The van der Waals surface area contributed by atoms with Gasteiger partial charge in [0.2, 0.25) is 0 Å². The van der Waals surface area contributed by atoms with Crippen LogP contribution in [0, 0.1) is 5.92 Å². The fourth-order valence-corrected chi connectivity index (χ4v) is 2.53. The van der Waals surface area contributed by atoms with Crippen molar-refractivity contribution < 1.29 is 4.57 Å². The van der Waals surface area contributed by atoms with Gasteiger partial charge in [-0.2, -0.15) is 0 Å². The highest BCUT2D eigenvalue weighted by molar-refractivity contribution is 7.99. The van der Waals surface area contributed by atoms with E-state index in [1.807, 2.05) is 0 Å². The van der Waals surface area contributed by atoms with Gasteiger partial charge in [-0.05, 0) is 57.1 Å². The van der Waals surface area contributed by atoms with Gasteiger partial charge in [-0.3, -0.25) is 4.57 Å². The number of hydrogen-bond acceptors (Lipinski definition) is 3. The topological polar surface area (TPSA) is 20.3 Å². The minimum Gasteiger partial charge on any atom is -0.306 e. The molecular formula is C8H16NOPS. The van der Waals surface area contributed by atoms with Crippen LogP contribution < -0.4 is 0 Å². The Morgan fingerprint density at radius 2 is 2.08 bits per heavy atom. The molecule has 1 aliphatic heterocycles. The summed E-state index contributed by atoms with van der Waals surface area (Å²) in [6, 6.07) is 0. The summed E-state index contributed by atoms with van der Waals surface area (Å²) in [7, 11) is 2.16. The molecule has 0 N–H and O–H groups in total. The van der Waals surface area contributed by atoms with E-state index >= 15 is 0 Å². The van der Waals surface area contributed by atoms with Gasteiger partial charge in [-0.25, -0.2) is 0 Å². The lowest BCUT2D eigenvalue weighted by Gasteiger charge is -2.28. The molecule has 4 heteroatoms. The van der Waals surface area contributed by atoms with E-state index in [0.29, 0.717) is 0 Å². The molecule has 0 aromatic rings. The molecule has 0 radical (unpaired) electrons. The van der Waals surface area contributed by atoms with Gasteiger partial charge in [0.05, 0.1) is 0 Å². The van der Waals surface area contributed by atoms with Crippen molar-refractivity contribution in [3.8, 4) is 0 Å². The number of hydrogen-bond donors (Lipinski definition) is 0. The van der Waals surface area contributed by atoms with Crippen molar-refractivity contribution in [1.29, 1.82) is 0 Å². The van der Waals surface area contributed by atoms with Crippen LogP contribution in [0.3, 0.4) is 0 Å².